The fraction of sp³-hybridized carbons (Fsp3) is 0.933. The Morgan fingerprint density at radius 1 is 1.22 bits per heavy atom. The molecule has 0 aromatic heterocycles. The van der Waals surface area contributed by atoms with Crippen LogP contribution in [0.4, 0.5) is 0 Å². The fourth-order valence-electron chi connectivity index (χ4n) is 5.34. The van der Waals surface area contributed by atoms with E-state index in [2.05, 4.69) is 4.90 Å². The van der Waals surface area contributed by atoms with E-state index < -0.39 is 5.97 Å². The third-order valence-corrected chi connectivity index (χ3v) is 5.77. The van der Waals surface area contributed by atoms with Crippen molar-refractivity contribution in [3.8, 4) is 0 Å². The van der Waals surface area contributed by atoms with Crippen molar-refractivity contribution in [3.63, 3.8) is 0 Å². The Hall–Kier alpha value is -0.570. The molecule has 18 heavy (non-hydrogen) atoms. The van der Waals surface area contributed by atoms with Crippen LogP contribution in [0.15, 0.2) is 0 Å². The highest BCUT2D eigenvalue weighted by Crippen LogP contribution is 2.60. The smallest absolute Gasteiger partial charge is 0.320 e. The van der Waals surface area contributed by atoms with Crippen molar-refractivity contribution >= 4 is 5.97 Å². The Balaban J connectivity index is 1.70. The van der Waals surface area contributed by atoms with E-state index >= 15 is 0 Å². The number of likely N-dealkylation sites (N-methyl/N-ethyl adjacent to an activating group) is 1. The van der Waals surface area contributed by atoms with Crippen LogP contribution in [0.5, 0.6) is 0 Å². The molecule has 0 radical (unpaired) electrons. The molecule has 0 aromatic rings. The minimum atomic E-state index is -0.692. The quantitative estimate of drug-likeness (QED) is 0.835. The first-order chi connectivity index (χ1) is 8.47. The molecule has 4 rings (SSSR count). The fourth-order valence-corrected chi connectivity index (χ4v) is 5.34. The first kappa shape index (κ1) is 12.5. The molecule has 0 aliphatic heterocycles. The molecular formula is C15H25NO2. The molecule has 102 valence electrons. The normalized spacial score (nSPS) is 43.4. The lowest BCUT2D eigenvalue weighted by Crippen LogP contribution is -2.52. The molecule has 1 N–H and O–H groups in total. The predicted molar refractivity (Wildman–Crippen MR) is 70.3 cm³/mol. The summed E-state index contributed by atoms with van der Waals surface area (Å²) >= 11 is 0. The van der Waals surface area contributed by atoms with Gasteiger partial charge in [-0.15, -0.1) is 0 Å². The van der Waals surface area contributed by atoms with Gasteiger partial charge in [-0.05, 0) is 75.7 Å². The van der Waals surface area contributed by atoms with E-state index in [9.17, 15) is 4.79 Å². The van der Waals surface area contributed by atoms with Crippen molar-refractivity contribution in [2.75, 3.05) is 13.6 Å². The van der Waals surface area contributed by atoms with E-state index in [4.69, 9.17) is 5.11 Å². The highest BCUT2D eigenvalue weighted by atomic mass is 16.4. The molecule has 0 spiro atoms. The number of aliphatic carboxylic acids is 1. The zero-order chi connectivity index (χ0) is 12.9. The van der Waals surface area contributed by atoms with Crippen LogP contribution < -0.4 is 0 Å². The summed E-state index contributed by atoms with van der Waals surface area (Å²) in [6, 6.07) is -0.349. The van der Waals surface area contributed by atoms with Crippen molar-refractivity contribution in [3.05, 3.63) is 0 Å². The van der Waals surface area contributed by atoms with Gasteiger partial charge in [-0.2, -0.15) is 0 Å². The summed E-state index contributed by atoms with van der Waals surface area (Å²) in [4.78, 5) is 13.1. The minimum absolute atomic E-state index is 0.349. The molecular weight excluding hydrogens is 226 g/mol. The van der Waals surface area contributed by atoms with Gasteiger partial charge in [-0.3, -0.25) is 9.69 Å². The predicted octanol–water partition coefficient (Wildman–Crippen LogP) is 2.61. The summed E-state index contributed by atoms with van der Waals surface area (Å²) in [6.45, 7) is 2.80. The topological polar surface area (TPSA) is 40.5 Å². The van der Waals surface area contributed by atoms with Crippen molar-refractivity contribution < 1.29 is 9.90 Å². The highest BCUT2D eigenvalue weighted by molar-refractivity contribution is 5.72. The molecule has 4 aliphatic rings. The number of carbonyl (C=O) groups is 1. The largest absolute Gasteiger partial charge is 0.480 e. The highest BCUT2D eigenvalue weighted by Gasteiger charge is 2.51. The number of rotatable bonds is 4. The Morgan fingerprint density at radius 2 is 1.67 bits per heavy atom. The summed E-state index contributed by atoms with van der Waals surface area (Å²) in [6.07, 6.45) is 8.44. The molecule has 0 aromatic carbocycles. The second-order valence-electron chi connectivity index (χ2n) is 7.35. The maximum atomic E-state index is 11.1. The average molecular weight is 251 g/mol. The van der Waals surface area contributed by atoms with Crippen LogP contribution in [0.2, 0.25) is 0 Å². The van der Waals surface area contributed by atoms with Gasteiger partial charge in [0.1, 0.15) is 6.04 Å². The van der Waals surface area contributed by atoms with Gasteiger partial charge >= 0.3 is 5.97 Å². The first-order valence-electron chi connectivity index (χ1n) is 7.40. The van der Waals surface area contributed by atoms with E-state index in [1.807, 2.05) is 14.0 Å². The molecule has 4 fully saturated rings. The van der Waals surface area contributed by atoms with E-state index in [0.717, 1.165) is 24.3 Å². The van der Waals surface area contributed by atoms with Crippen LogP contribution in [0, 0.1) is 23.2 Å². The molecule has 3 heteroatoms. The maximum absolute atomic E-state index is 11.1. The molecule has 4 bridgehead atoms. The molecule has 1 unspecified atom stereocenters. The Labute approximate surface area is 110 Å². The number of carboxylic acid groups (broad SMARTS) is 1. The van der Waals surface area contributed by atoms with Gasteiger partial charge in [0.05, 0.1) is 0 Å². The van der Waals surface area contributed by atoms with Crippen LogP contribution >= 0.6 is 0 Å². The van der Waals surface area contributed by atoms with Gasteiger partial charge in [0.25, 0.3) is 0 Å². The number of nitrogens with zero attached hydrogens (tertiary/aromatic N) is 1. The lowest BCUT2D eigenvalue weighted by atomic mass is 9.49. The monoisotopic (exact) mass is 251 g/mol. The summed E-state index contributed by atoms with van der Waals surface area (Å²) in [5.74, 6) is 2.15. The van der Waals surface area contributed by atoms with Crippen LogP contribution in [-0.2, 0) is 4.79 Å². The van der Waals surface area contributed by atoms with Crippen molar-refractivity contribution in [1.82, 2.24) is 4.90 Å². The Morgan fingerprint density at radius 3 is 2.06 bits per heavy atom. The Bertz CT molecular complexity index is 317. The Kier molecular flexibility index (Phi) is 2.92. The minimum Gasteiger partial charge on any atom is -0.480 e. The van der Waals surface area contributed by atoms with Gasteiger partial charge < -0.3 is 5.11 Å². The van der Waals surface area contributed by atoms with E-state index in [1.54, 1.807) is 0 Å². The summed E-state index contributed by atoms with van der Waals surface area (Å²) < 4.78 is 0. The first-order valence-corrected chi connectivity index (χ1v) is 7.40. The summed E-state index contributed by atoms with van der Waals surface area (Å²) in [5.41, 5.74) is 0.452. The van der Waals surface area contributed by atoms with Gasteiger partial charge in [-0.1, -0.05) is 0 Å². The lowest BCUT2D eigenvalue weighted by Gasteiger charge is -2.58. The molecule has 1 atom stereocenters. The van der Waals surface area contributed by atoms with E-state index in [0.29, 0.717) is 5.41 Å². The SMILES string of the molecule is CC(C(=O)O)N(C)CC12CC3CC(CC(C3)C1)C2. The zero-order valence-corrected chi connectivity index (χ0v) is 11.6. The van der Waals surface area contributed by atoms with Crippen LogP contribution in [0.25, 0.3) is 0 Å². The van der Waals surface area contributed by atoms with Crippen molar-refractivity contribution in [2.45, 2.75) is 51.5 Å². The van der Waals surface area contributed by atoms with Gasteiger partial charge in [0.15, 0.2) is 0 Å². The molecule has 3 nitrogen and oxygen atoms in total. The van der Waals surface area contributed by atoms with Crippen LogP contribution in [-0.4, -0.2) is 35.6 Å². The van der Waals surface area contributed by atoms with E-state index in [-0.39, 0.29) is 6.04 Å². The van der Waals surface area contributed by atoms with Gasteiger partial charge in [-0.25, -0.2) is 0 Å². The van der Waals surface area contributed by atoms with Gasteiger partial charge in [0, 0.05) is 6.54 Å². The van der Waals surface area contributed by atoms with Crippen LogP contribution in [0.3, 0.4) is 0 Å². The second kappa shape index (κ2) is 4.22. The summed E-state index contributed by atoms with van der Waals surface area (Å²) in [7, 11) is 1.98. The number of carboxylic acids is 1. The molecule has 4 aliphatic carbocycles. The maximum Gasteiger partial charge on any atom is 0.320 e. The molecule has 0 amide bonds. The standard InChI is InChI=1S/C15H25NO2/c1-10(14(17)18)16(2)9-15-6-11-3-12(7-15)5-13(4-11)8-15/h10-13H,3-9H2,1-2H3,(H,17,18). The number of hydrogen-bond acceptors (Lipinski definition) is 2. The van der Waals surface area contributed by atoms with Gasteiger partial charge in [0.2, 0.25) is 0 Å². The molecule has 4 saturated carbocycles. The summed E-state index contributed by atoms with van der Waals surface area (Å²) in [5, 5.41) is 9.12. The van der Waals surface area contributed by atoms with Crippen LogP contribution in [0.1, 0.15) is 45.4 Å². The molecule has 0 saturated heterocycles. The second-order valence-corrected chi connectivity index (χ2v) is 7.35. The lowest BCUT2D eigenvalue weighted by molar-refractivity contribution is -0.143. The third kappa shape index (κ3) is 2.07. The average Bonchev–Trinajstić information content (AvgIpc) is 2.24. The zero-order valence-electron chi connectivity index (χ0n) is 11.6. The van der Waals surface area contributed by atoms with E-state index in [1.165, 1.54) is 38.5 Å². The number of hydrogen-bond donors (Lipinski definition) is 1. The van der Waals surface area contributed by atoms with Crippen molar-refractivity contribution in [2.24, 2.45) is 23.2 Å². The third-order valence-electron chi connectivity index (χ3n) is 5.77. The molecule has 0 heterocycles. The van der Waals surface area contributed by atoms with Crippen molar-refractivity contribution in [1.29, 1.82) is 0 Å².